The van der Waals surface area contributed by atoms with E-state index < -0.39 is 5.97 Å². The van der Waals surface area contributed by atoms with Crippen LogP contribution in [0.25, 0.3) is 5.57 Å². The van der Waals surface area contributed by atoms with Gasteiger partial charge in [0.05, 0.1) is 5.56 Å². The third kappa shape index (κ3) is 2.88. The second kappa shape index (κ2) is 6.42. The largest absolute Gasteiger partial charge is 0.478 e. The second-order valence-electron chi connectivity index (χ2n) is 8.20. The van der Waals surface area contributed by atoms with E-state index in [2.05, 4.69) is 41.2 Å². The molecule has 0 amide bonds. The molecule has 0 fully saturated rings. The molecule has 0 spiro atoms. The Morgan fingerprint density at radius 3 is 2.15 bits per heavy atom. The Morgan fingerprint density at radius 2 is 1.58 bits per heavy atom. The lowest BCUT2D eigenvalue weighted by Crippen LogP contribution is -2.27. The molecule has 0 radical (unpaired) electrons. The first kappa shape index (κ1) is 18.4. The van der Waals surface area contributed by atoms with E-state index in [1.807, 2.05) is 12.1 Å². The molecule has 26 heavy (non-hydrogen) atoms. The van der Waals surface area contributed by atoms with E-state index in [1.54, 1.807) is 12.1 Å². The zero-order chi connectivity index (χ0) is 19.2. The SMILES string of the molecule is C=C(c1ccc(C(=O)O)cc1)c1c(C)c(C)c2c(c1C)CCCC2(C)C. The molecule has 2 heteroatoms. The summed E-state index contributed by atoms with van der Waals surface area (Å²) in [6, 6.07) is 7.04. The van der Waals surface area contributed by atoms with Crippen molar-refractivity contribution in [2.75, 3.05) is 0 Å². The molecule has 0 heterocycles. The fraction of sp³-hybridized carbons (Fsp3) is 0.375. The van der Waals surface area contributed by atoms with Crippen molar-refractivity contribution in [3.05, 3.63) is 75.4 Å². The van der Waals surface area contributed by atoms with Crippen LogP contribution in [-0.4, -0.2) is 11.1 Å². The molecule has 0 atom stereocenters. The third-order valence-corrected chi connectivity index (χ3v) is 6.13. The first-order valence-electron chi connectivity index (χ1n) is 9.31. The topological polar surface area (TPSA) is 37.3 Å². The number of hydrogen-bond acceptors (Lipinski definition) is 1. The zero-order valence-corrected chi connectivity index (χ0v) is 16.5. The highest BCUT2D eigenvalue weighted by atomic mass is 16.4. The smallest absolute Gasteiger partial charge is 0.335 e. The maximum atomic E-state index is 11.1. The minimum Gasteiger partial charge on any atom is -0.478 e. The molecular weight excluding hydrogens is 320 g/mol. The lowest BCUT2D eigenvalue weighted by molar-refractivity contribution is 0.0697. The van der Waals surface area contributed by atoms with Gasteiger partial charge in [0.1, 0.15) is 0 Å². The normalized spacial score (nSPS) is 15.4. The van der Waals surface area contributed by atoms with E-state index >= 15 is 0 Å². The number of carboxylic acid groups (broad SMARTS) is 1. The minimum atomic E-state index is -0.902. The molecule has 2 nitrogen and oxygen atoms in total. The molecule has 2 aromatic rings. The number of carboxylic acids is 1. The molecular formula is C24H28O2. The van der Waals surface area contributed by atoms with Crippen LogP contribution in [0.3, 0.4) is 0 Å². The molecule has 1 aliphatic rings. The van der Waals surface area contributed by atoms with Crippen molar-refractivity contribution in [1.82, 2.24) is 0 Å². The van der Waals surface area contributed by atoms with Gasteiger partial charge in [0.25, 0.3) is 0 Å². The summed E-state index contributed by atoms with van der Waals surface area (Å²) < 4.78 is 0. The van der Waals surface area contributed by atoms with Crippen molar-refractivity contribution in [2.24, 2.45) is 0 Å². The monoisotopic (exact) mass is 348 g/mol. The van der Waals surface area contributed by atoms with Crippen molar-refractivity contribution in [3.63, 3.8) is 0 Å². The van der Waals surface area contributed by atoms with Crippen molar-refractivity contribution < 1.29 is 9.90 Å². The molecule has 136 valence electrons. The molecule has 2 aromatic carbocycles. The summed E-state index contributed by atoms with van der Waals surface area (Å²) in [6.45, 7) is 15.7. The Bertz CT molecular complexity index is 899. The van der Waals surface area contributed by atoms with Crippen molar-refractivity contribution >= 4 is 11.5 Å². The fourth-order valence-electron chi connectivity index (χ4n) is 4.69. The molecule has 0 aliphatic heterocycles. The van der Waals surface area contributed by atoms with Crippen LogP contribution in [0, 0.1) is 20.8 Å². The van der Waals surface area contributed by atoms with E-state index in [0.717, 1.165) is 17.6 Å². The van der Waals surface area contributed by atoms with Crippen molar-refractivity contribution in [1.29, 1.82) is 0 Å². The van der Waals surface area contributed by atoms with Crippen molar-refractivity contribution in [3.8, 4) is 0 Å². The Hall–Kier alpha value is -2.35. The number of benzene rings is 2. The molecule has 1 aliphatic carbocycles. The molecule has 0 unspecified atom stereocenters. The van der Waals surface area contributed by atoms with E-state index in [-0.39, 0.29) is 5.41 Å². The lowest BCUT2D eigenvalue weighted by Gasteiger charge is -2.37. The molecule has 1 N–H and O–H groups in total. The number of carbonyl (C=O) groups is 1. The van der Waals surface area contributed by atoms with E-state index in [0.29, 0.717) is 5.56 Å². The Kier molecular flexibility index (Phi) is 4.56. The number of fused-ring (bicyclic) bond motifs is 1. The second-order valence-corrected chi connectivity index (χ2v) is 8.20. The van der Waals surface area contributed by atoms with Gasteiger partial charge >= 0.3 is 5.97 Å². The van der Waals surface area contributed by atoms with Gasteiger partial charge in [-0.1, -0.05) is 32.6 Å². The van der Waals surface area contributed by atoms with Crippen LogP contribution in [0.4, 0.5) is 0 Å². The lowest BCUT2D eigenvalue weighted by atomic mass is 9.67. The van der Waals surface area contributed by atoms with Gasteiger partial charge in [0.15, 0.2) is 0 Å². The van der Waals surface area contributed by atoms with Gasteiger partial charge in [-0.25, -0.2) is 4.79 Å². The van der Waals surface area contributed by atoms with Gasteiger partial charge in [-0.15, -0.1) is 0 Å². The molecule has 3 rings (SSSR count). The summed E-state index contributed by atoms with van der Waals surface area (Å²) >= 11 is 0. The molecule has 0 saturated heterocycles. The summed E-state index contributed by atoms with van der Waals surface area (Å²) in [4.78, 5) is 11.1. The number of rotatable bonds is 3. The van der Waals surface area contributed by atoms with Gasteiger partial charge in [-0.05, 0) is 102 Å². The maximum Gasteiger partial charge on any atom is 0.335 e. The standard InChI is InChI=1S/C24H28O2/c1-14-15(2)22-20(8-7-13-24(22,5)6)17(4)21(14)16(3)18-9-11-19(12-10-18)23(25)26/h9-12H,3,7-8,13H2,1-2,4-6H3,(H,25,26). The minimum absolute atomic E-state index is 0.218. The highest BCUT2D eigenvalue weighted by molar-refractivity contribution is 5.89. The average molecular weight is 348 g/mol. The number of aromatic carboxylic acids is 1. The quantitative estimate of drug-likeness (QED) is 0.740. The van der Waals surface area contributed by atoms with E-state index in [1.165, 1.54) is 46.2 Å². The Balaban J connectivity index is 2.15. The fourth-order valence-corrected chi connectivity index (χ4v) is 4.69. The predicted molar refractivity (Wildman–Crippen MR) is 108 cm³/mol. The van der Waals surface area contributed by atoms with E-state index in [4.69, 9.17) is 5.11 Å². The zero-order valence-electron chi connectivity index (χ0n) is 16.5. The Morgan fingerprint density at radius 1 is 1.00 bits per heavy atom. The molecule has 0 aromatic heterocycles. The first-order valence-corrected chi connectivity index (χ1v) is 9.31. The van der Waals surface area contributed by atoms with Gasteiger partial charge in [-0.3, -0.25) is 0 Å². The maximum absolute atomic E-state index is 11.1. The van der Waals surface area contributed by atoms with Gasteiger partial charge in [-0.2, -0.15) is 0 Å². The van der Waals surface area contributed by atoms with Crippen LogP contribution in [0.5, 0.6) is 0 Å². The van der Waals surface area contributed by atoms with Crippen LogP contribution < -0.4 is 0 Å². The Labute approximate surface area is 156 Å². The summed E-state index contributed by atoms with van der Waals surface area (Å²) in [5.41, 5.74) is 10.7. The van der Waals surface area contributed by atoms with Crippen LogP contribution in [0.1, 0.15) is 76.0 Å². The van der Waals surface area contributed by atoms with Gasteiger partial charge in [0.2, 0.25) is 0 Å². The summed E-state index contributed by atoms with van der Waals surface area (Å²) in [5.74, 6) is -0.902. The first-order chi connectivity index (χ1) is 12.1. The van der Waals surface area contributed by atoms with Crippen LogP contribution in [-0.2, 0) is 11.8 Å². The van der Waals surface area contributed by atoms with Gasteiger partial charge < -0.3 is 5.11 Å². The highest BCUT2D eigenvalue weighted by Crippen LogP contribution is 2.44. The number of hydrogen-bond donors (Lipinski definition) is 1. The summed E-state index contributed by atoms with van der Waals surface area (Å²) in [7, 11) is 0. The van der Waals surface area contributed by atoms with Gasteiger partial charge in [0, 0.05) is 0 Å². The highest BCUT2D eigenvalue weighted by Gasteiger charge is 2.32. The average Bonchev–Trinajstić information content (AvgIpc) is 2.59. The van der Waals surface area contributed by atoms with Crippen LogP contribution in [0.2, 0.25) is 0 Å². The van der Waals surface area contributed by atoms with Crippen LogP contribution in [0.15, 0.2) is 30.8 Å². The molecule has 0 saturated carbocycles. The third-order valence-electron chi connectivity index (χ3n) is 6.13. The summed E-state index contributed by atoms with van der Waals surface area (Å²) in [5, 5.41) is 9.12. The molecule has 0 bridgehead atoms. The van der Waals surface area contributed by atoms with Crippen LogP contribution >= 0.6 is 0 Å². The summed E-state index contributed by atoms with van der Waals surface area (Å²) in [6.07, 6.45) is 3.59. The van der Waals surface area contributed by atoms with E-state index in [9.17, 15) is 4.79 Å². The predicted octanol–water partition coefficient (Wildman–Crippen LogP) is 5.99. The van der Waals surface area contributed by atoms with Crippen molar-refractivity contribution in [2.45, 2.75) is 59.3 Å².